The number of benzene rings is 1. The predicted octanol–water partition coefficient (Wildman–Crippen LogP) is 3.51. The van der Waals surface area contributed by atoms with E-state index in [1.165, 1.54) is 0 Å². The van der Waals surface area contributed by atoms with Crippen molar-refractivity contribution in [3.63, 3.8) is 0 Å². The molecule has 0 saturated heterocycles. The third-order valence-corrected chi connectivity index (χ3v) is 4.13. The second-order valence-electron chi connectivity index (χ2n) is 6.19. The first kappa shape index (κ1) is 15.8. The van der Waals surface area contributed by atoms with E-state index >= 15 is 0 Å². The van der Waals surface area contributed by atoms with Gasteiger partial charge in [0.2, 0.25) is 0 Å². The summed E-state index contributed by atoms with van der Waals surface area (Å²) in [4.78, 5) is 6.70. The van der Waals surface area contributed by atoms with E-state index in [4.69, 9.17) is 18.3 Å². The van der Waals surface area contributed by atoms with Gasteiger partial charge in [0, 0.05) is 13.1 Å². The molecule has 25 heavy (non-hydrogen) atoms. The Labute approximate surface area is 146 Å². The van der Waals surface area contributed by atoms with E-state index in [0.29, 0.717) is 24.8 Å². The highest BCUT2D eigenvalue weighted by Gasteiger charge is 2.23. The Balaban J connectivity index is 1.39. The number of nitrogens with zero attached hydrogens (tertiary/aromatic N) is 2. The number of aromatic nitrogens is 1. The number of fused-ring (bicyclic) bond motifs is 1. The van der Waals surface area contributed by atoms with Crippen molar-refractivity contribution in [3.8, 4) is 23.1 Å². The number of furan rings is 1. The molecule has 0 radical (unpaired) electrons. The van der Waals surface area contributed by atoms with Gasteiger partial charge in [0.15, 0.2) is 17.3 Å². The molecule has 0 aliphatic carbocycles. The van der Waals surface area contributed by atoms with Gasteiger partial charge < -0.3 is 18.3 Å². The van der Waals surface area contributed by atoms with Gasteiger partial charge in [-0.3, -0.25) is 4.90 Å². The zero-order chi connectivity index (χ0) is 17.2. The largest absolute Gasteiger partial charge is 0.486 e. The third kappa shape index (κ3) is 3.39. The lowest BCUT2D eigenvalue weighted by Gasteiger charge is -2.29. The van der Waals surface area contributed by atoms with Crippen molar-refractivity contribution in [2.45, 2.75) is 19.6 Å². The van der Waals surface area contributed by atoms with Gasteiger partial charge in [-0.05, 0) is 38.2 Å². The van der Waals surface area contributed by atoms with Crippen molar-refractivity contribution < 1.29 is 18.3 Å². The summed E-state index contributed by atoms with van der Waals surface area (Å²) in [7, 11) is 2.03. The lowest BCUT2D eigenvalue weighted by molar-refractivity contribution is 0.0634. The Bertz CT molecular complexity index is 841. The van der Waals surface area contributed by atoms with Crippen LogP contribution in [0, 0.1) is 6.92 Å². The van der Waals surface area contributed by atoms with Gasteiger partial charge in [-0.25, -0.2) is 4.98 Å². The molecule has 3 heterocycles. The summed E-state index contributed by atoms with van der Waals surface area (Å²) in [5.41, 5.74) is 0.894. The van der Waals surface area contributed by atoms with E-state index in [9.17, 15) is 0 Å². The zero-order valence-electron chi connectivity index (χ0n) is 14.3. The molecular formula is C19H20N2O4. The topological polar surface area (TPSA) is 60.9 Å². The van der Waals surface area contributed by atoms with E-state index in [0.717, 1.165) is 29.5 Å². The van der Waals surface area contributed by atoms with Gasteiger partial charge in [0.25, 0.3) is 5.89 Å². The maximum Gasteiger partial charge on any atom is 0.263 e. The number of likely N-dealkylation sites (N-methyl/N-ethyl adjacent to an activating group) is 1. The highest BCUT2D eigenvalue weighted by molar-refractivity contribution is 5.44. The molecule has 0 unspecified atom stereocenters. The molecule has 0 N–H and O–H groups in total. The average Bonchev–Trinajstić information content (AvgIpc) is 3.25. The molecular weight excluding hydrogens is 320 g/mol. The molecule has 0 fully saturated rings. The van der Waals surface area contributed by atoms with Crippen molar-refractivity contribution in [1.82, 2.24) is 9.88 Å². The Kier molecular flexibility index (Phi) is 4.19. The van der Waals surface area contributed by atoms with Crippen molar-refractivity contribution in [1.29, 1.82) is 0 Å². The maximum atomic E-state index is 6.01. The summed E-state index contributed by atoms with van der Waals surface area (Å²) in [5, 5.41) is 0. The number of hydrogen-bond acceptors (Lipinski definition) is 6. The van der Waals surface area contributed by atoms with Crippen molar-refractivity contribution in [2.24, 2.45) is 0 Å². The summed E-state index contributed by atoms with van der Waals surface area (Å²) >= 11 is 0. The minimum atomic E-state index is -0.0170. The average molecular weight is 340 g/mol. The first-order valence-corrected chi connectivity index (χ1v) is 8.26. The molecule has 1 atom stereocenters. The fraction of sp³-hybridized carbons (Fsp3) is 0.316. The molecule has 0 saturated carbocycles. The van der Waals surface area contributed by atoms with E-state index < -0.39 is 0 Å². The molecule has 0 spiro atoms. The zero-order valence-corrected chi connectivity index (χ0v) is 14.3. The van der Waals surface area contributed by atoms with Crippen LogP contribution in [0.3, 0.4) is 0 Å². The minimum absolute atomic E-state index is 0.0170. The Morgan fingerprint density at radius 2 is 2.00 bits per heavy atom. The van der Waals surface area contributed by atoms with Crippen LogP contribution in [0.2, 0.25) is 0 Å². The van der Waals surface area contributed by atoms with Crippen LogP contribution in [0.25, 0.3) is 11.7 Å². The summed E-state index contributed by atoms with van der Waals surface area (Å²) in [5.74, 6) is 3.54. The van der Waals surface area contributed by atoms with Gasteiger partial charge in [0.05, 0.1) is 12.0 Å². The van der Waals surface area contributed by atoms with Crippen LogP contribution < -0.4 is 9.47 Å². The molecule has 4 rings (SSSR count). The summed E-state index contributed by atoms with van der Waals surface area (Å²) in [6.07, 6.45) is 1.59. The van der Waals surface area contributed by atoms with Crippen LogP contribution in [-0.2, 0) is 6.54 Å². The molecule has 3 aromatic rings. The summed E-state index contributed by atoms with van der Waals surface area (Å²) in [6, 6.07) is 11.4. The normalized spacial score (nSPS) is 16.4. The number of para-hydroxylation sites is 2. The fourth-order valence-electron chi connectivity index (χ4n) is 2.90. The van der Waals surface area contributed by atoms with Crippen LogP contribution in [0.15, 0.2) is 51.5 Å². The van der Waals surface area contributed by atoms with Gasteiger partial charge in [-0.2, -0.15) is 0 Å². The van der Waals surface area contributed by atoms with Crippen molar-refractivity contribution >= 4 is 0 Å². The molecule has 6 heteroatoms. The maximum absolute atomic E-state index is 6.01. The van der Waals surface area contributed by atoms with E-state index in [2.05, 4.69) is 9.88 Å². The first-order valence-electron chi connectivity index (χ1n) is 8.26. The number of hydrogen-bond donors (Lipinski definition) is 0. The van der Waals surface area contributed by atoms with Gasteiger partial charge in [-0.1, -0.05) is 12.1 Å². The molecule has 1 aromatic carbocycles. The third-order valence-electron chi connectivity index (χ3n) is 4.13. The second-order valence-corrected chi connectivity index (χ2v) is 6.19. The number of rotatable bonds is 5. The first-order chi connectivity index (χ1) is 12.2. The van der Waals surface area contributed by atoms with Gasteiger partial charge in [0.1, 0.15) is 18.5 Å². The molecule has 1 aliphatic heterocycles. The highest BCUT2D eigenvalue weighted by atomic mass is 16.6. The van der Waals surface area contributed by atoms with Crippen LogP contribution in [0.5, 0.6) is 11.5 Å². The highest BCUT2D eigenvalue weighted by Crippen LogP contribution is 2.31. The second kappa shape index (κ2) is 6.64. The smallest absolute Gasteiger partial charge is 0.263 e. The van der Waals surface area contributed by atoms with Crippen LogP contribution in [0.1, 0.15) is 11.5 Å². The molecule has 0 amide bonds. The monoisotopic (exact) mass is 340 g/mol. The lowest BCUT2D eigenvalue weighted by atomic mass is 10.2. The molecule has 6 nitrogen and oxygen atoms in total. The summed E-state index contributed by atoms with van der Waals surface area (Å²) < 4.78 is 22.8. The fourth-order valence-corrected chi connectivity index (χ4v) is 2.90. The number of oxazole rings is 1. The van der Waals surface area contributed by atoms with Crippen LogP contribution in [-0.4, -0.2) is 36.2 Å². The van der Waals surface area contributed by atoms with Crippen LogP contribution >= 0.6 is 0 Å². The Morgan fingerprint density at radius 1 is 1.16 bits per heavy atom. The molecule has 1 aliphatic rings. The van der Waals surface area contributed by atoms with Crippen molar-refractivity contribution in [3.05, 3.63) is 54.1 Å². The number of aryl methyl sites for hydroxylation is 1. The quantitative estimate of drug-likeness (QED) is 0.708. The standard InChI is InChI=1S/C19H20N2O4/c1-13-15(20-19(24-13)18-8-5-9-22-18)11-21(2)10-14-12-23-16-6-3-4-7-17(16)25-14/h3-9,14H,10-12H2,1-2H3/t14-/m1/s1. The SMILES string of the molecule is Cc1oc(-c2ccco2)nc1CN(C)C[C@@H]1COc2ccccc2O1. The summed E-state index contributed by atoms with van der Waals surface area (Å²) in [6.45, 7) is 3.85. The van der Waals surface area contributed by atoms with Crippen molar-refractivity contribution in [2.75, 3.05) is 20.2 Å². The van der Waals surface area contributed by atoms with Crippen LogP contribution in [0.4, 0.5) is 0 Å². The minimum Gasteiger partial charge on any atom is -0.486 e. The predicted molar refractivity (Wildman–Crippen MR) is 91.6 cm³/mol. The molecule has 130 valence electrons. The van der Waals surface area contributed by atoms with E-state index in [1.54, 1.807) is 6.26 Å². The van der Waals surface area contributed by atoms with E-state index in [1.807, 2.05) is 50.4 Å². The molecule has 0 bridgehead atoms. The lowest BCUT2D eigenvalue weighted by Crippen LogP contribution is -2.39. The van der Waals surface area contributed by atoms with Gasteiger partial charge >= 0.3 is 0 Å². The van der Waals surface area contributed by atoms with E-state index in [-0.39, 0.29) is 6.10 Å². The van der Waals surface area contributed by atoms with Gasteiger partial charge in [-0.15, -0.1) is 0 Å². The number of ether oxygens (including phenoxy) is 2. The molecule has 2 aromatic heterocycles. The Morgan fingerprint density at radius 3 is 2.80 bits per heavy atom. The Hall–Kier alpha value is -2.73.